The first-order valence-electron chi connectivity index (χ1n) is 6.91. The molecule has 0 fully saturated rings. The van der Waals surface area contributed by atoms with Crippen LogP contribution in [-0.2, 0) is 8.85 Å². The fourth-order valence-corrected chi connectivity index (χ4v) is 9.09. The maximum Gasteiger partial charge on any atom is 0.216 e. The van der Waals surface area contributed by atoms with Crippen molar-refractivity contribution in [2.24, 2.45) is 0 Å². The van der Waals surface area contributed by atoms with Crippen molar-refractivity contribution in [2.45, 2.75) is 77.4 Å². The van der Waals surface area contributed by atoms with Crippen LogP contribution in [0, 0.1) is 0 Å². The van der Waals surface area contributed by atoms with Crippen LogP contribution in [0.5, 0.6) is 0 Å². The van der Waals surface area contributed by atoms with Gasteiger partial charge < -0.3 is 8.85 Å². The van der Waals surface area contributed by atoms with Crippen LogP contribution in [-0.4, -0.2) is 37.1 Å². The van der Waals surface area contributed by atoms with Gasteiger partial charge in [0.25, 0.3) is 0 Å². The second-order valence-corrected chi connectivity index (χ2v) is 16.4. The molecule has 17 heavy (non-hydrogen) atoms. The van der Waals surface area contributed by atoms with E-state index in [0.717, 1.165) is 6.42 Å². The topological polar surface area (TPSA) is 18.5 Å². The van der Waals surface area contributed by atoms with E-state index in [1.165, 1.54) is 0 Å². The van der Waals surface area contributed by atoms with Gasteiger partial charge >= 0.3 is 0 Å². The Balaban J connectivity index is 4.84. The Hall–Kier alpha value is 0.571. The van der Waals surface area contributed by atoms with Gasteiger partial charge in [-0.2, -0.15) is 0 Å². The average molecular weight is 293 g/mol. The third kappa shape index (κ3) is 4.98. The Morgan fingerprint density at radius 1 is 1.18 bits per heavy atom. The van der Waals surface area contributed by atoms with Crippen LogP contribution in [0.1, 0.15) is 27.2 Å². The first-order chi connectivity index (χ1) is 7.55. The van der Waals surface area contributed by atoms with E-state index < -0.39 is 26.2 Å². The van der Waals surface area contributed by atoms with Gasteiger partial charge in [-0.1, -0.05) is 20.0 Å². The van der Waals surface area contributed by atoms with Crippen molar-refractivity contribution >= 4 is 26.2 Å². The molecule has 104 valence electrons. The summed E-state index contributed by atoms with van der Waals surface area (Å²) >= 11 is 0. The van der Waals surface area contributed by atoms with Crippen molar-refractivity contribution in [3.8, 4) is 0 Å². The first-order valence-corrected chi connectivity index (χ1v) is 15.6. The smallest absolute Gasteiger partial charge is 0.216 e. The van der Waals surface area contributed by atoms with Crippen molar-refractivity contribution in [3.63, 3.8) is 0 Å². The highest BCUT2D eigenvalue weighted by atomic mass is 28.4. The zero-order valence-corrected chi connectivity index (χ0v) is 16.6. The predicted octanol–water partition coefficient (Wildman–Crippen LogP) is 3.33. The second-order valence-electron chi connectivity index (χ2n) is 6.33. The second kappa shape index (κ2) is 6.65. The molecule has 0 spiro atoms. The predicted molar refractivity (Wildman–Crippen MR) is 85.6 cm³/mol. The highest BCUT2D eigenvalue weighted by molar-refractivity contribution is 6.75. The maximum atomic E-state index is 6.45. The van der Waals surface area contributed by atoms with Crippen molar-refractivity contribution in [1.82, 2.24) is 0 Å². The maximum absolute atomic E-state index is 6.45. The highest BCUT2D eigenvalue weighted by Crippen LogP contribution is 2.31. The lowest BCUT2D eigenvalue weighted by atomic mass is 10.3. The normalized spacial score (nSPS) is 18.5. The van der Waals surface area contributed by atoms with E-state index in [1.807, 2.05) is 0 Å². The molecular formula is C12H32O2Si3. The van der Waals surface area contributed by atoms with Crippen LogP contribution in [0.4, 0.5) is 0 Å². The summed E-state index contributed by atoms with van der Waals surface area (Å²) in [4.78, 5) is 0. The molecule has 0 amide bonds. The quantitative estimate of drug-likeness (QED) is 0.670. The van der Waals surface area contributed by atoms with Crippen molar-refractivity contribution in [2.75, 3.05) is 0 Å². The van der Waals surface area contributed by atoms with Crippen molar-refractivity contribution in [1.29, 1.82) is 0 Å². The Morgan fingerprint density at radius 3 is 1.94 bits per heavy atom. The summed E-state index contributed by atoms with van der Waals surface area (Å²) in [6.45, 7) is 20.6. The fourth-order valence-electron chi connectivity index (χ4n) is 1.90. The molecule has 0 saturated carbocycles. The van der Waals surface area contributed by atoms with Crippen LogP contribution >= 0.6 is 0 Å². The van der Waals surface area contributed by atoms with Crippen molar-refractivity contribution in [3.05, 3.63) is 0 Å². The van der Waals surface area contributed by atoms with E-state index in [9.17, 15) is 0 Å². The summed E-state index contributed by atoms with van der Waals surface area (Å²) in [6.07, 6.45) is 1.06. The number of hydrogen-bond acceptors (Lipinski definition) is 2. The molecule has 0 aliphatic carbocycles. The van der Waals surface area contributed by atoms with E-state index in [4.69, 9.17) is 8.85 Å². The molecule has 2 unspecified atom stereocenters. The Labute approximate surface area is 113 Å². The molecule has 0 heterocycles. The molecule has 0 aliphatic heterocycles. The minimum Gasteiger partial charge on any atom is -0.415 e. The van der Waals surface area contributed by atoms with E-state index in [2.05, 4.69) is 60.1 Å². The Bertz CT molecular complexity index is 232. The van der Waals surface area contributed by atoms with Gasteiger partial charge in [0.15, 0.2) is 9.04 Å². The summed E-state index contributed by atoms with van der Waals surface area (Å²) in [6, 6.07) is 0. The first kappa shape index (κ1) is 17.6. The number of rotatable bonds is 7. The van der Waals surface area contributed by atoms with Crippen LogP contribution in [0.3, 0.4) is 0 Å². The largest absolute Gasteiger partial charge is 0.415 e. The van der Waals surface area contributed by atoms with Gasteiger partial charge in [0.2, 0.25) is 8.32 Å². The SMILES string of the molecule is CCC(C)(O[SiH](C)C)[Si](C)(C)OC(C)[SiH](C)C. The molecular weight excluding hydrogens is 260 g/mol. The van der Waals surface area contributed by atoms with Gasteiger partial charge in [-0.05, 0) is 46.5 Å². The minimum atomic E-state index is -1.80. The van der Waals surface area contributed by atoms with Gasteiger partial charge in [-0.3, -0.25) is 0 Å². The monoisotopic (exact) mass is 292 g/mol. The van der Waals surface area contributed by atoms with Gasteiger partial charge in [0.05, 0.1) is 14.0 Å². The molecule has 0 rings (SSSR count). The van der Waals surface area contributed by atoms with E-state index in [1.54, 1.807) is 0 Å². The van der Waals surface area contributed by atoms with Gasteiger partial charge in [0.1, 0.15) is 0 Å². The van der Waals surface area contributed by atoms with Crippen LogP contribution < -0.4 is 0 Å². The summed E-state index contributed by atoms with van der Waals surface area (Å²) in [7, 11) is -3.53. The van der Waals surface area contributed by atoms with Crippen LogP contribution in [0.15, 0.2) is 0 Å². The standard InChI is InChI=1S/C12H32O2Si3/c1-10-12(3,14-16(6)7)17(8,9)13-11(2)15(4)5/h11,15-16H,10H2,1-9H3. The zero-order valence-electron chi connectivity index (χ0n) is 13.3. The van der Waals surface area contributed by atoms with Crippen LogP contribution in [0.2, 0.25) is 39.3 Å². The summed E-state index contributed by atoms with van der Waals surface area (Å²) < 4.78 is 12.8. The molecule has 5 heteroatoms. The molecule has 2 atom stereocenters. The third-order valence-corrected chi connectivity index (χ3v) is 11.4. The molecule has 0 aliphatic rings. The Morgan fingerprint density at radius 2 is 1.65 bits per heavy atom. The van der Waals surface area contributed by atoms with E-state index in [0.29, 0.717) is 5.73 Å². The lowest BCUT2D eigenvalue weighted by Gasteiger charge is -2.44. The van der Waals surface area contributed by atoms with Gasteiger partial charge in [-0.15, -0.1) is 0 Å². The number of hydrogen-bond donors (Lipinski definition) is 0. The average Bonchev–Trinajstić information content (AvgIpc) is 2.15. The molecule has 0 aromatic rings. The lowest BCUT2D eigenvalue weighted by molar-refractivity contribution is 0.119. The van der Waals surface area contributed by atoms with Crippen LogP contribution in [0.25, 0.3) is 0 Å². The fraction of sp³-hybridized carbons (Fsp3) is 1.00. The van der Waals surface area contributed by atoms with Gasteiger partial charge in [-0.25, -0.2) is 0 Å². The molecule has 2 nitrogen and oxygen atoms in total. The molecule has 0 aromatic carbocycles. The summed E-state index contributed by atoms with van der Waals surface area (Å²) in [5.74, 6) is 0. The Kier molecular flexibility index (Phi) is 6.88. The van der Waals surface area contributed by atoms with E-state index in [-0.39, 0.29) is 5.22 Å². The molecule has 0 N–H and O–H groups in total. The van der Waals surface area contributed by atoms with E-state index >= 15 is 0 Å². The lowest BCUT2D eigenvalue weighted by Crippen LogP contribution is -2.59. The minimum absolute atomic E-state index is 0.0229. The van der Waals surface area contributed by atoms with Crippen molar-refractivity contribution < 1.29 is 8.85 Å². The summed E-state index contributed by atoms with van der Waals surface area (Å²) in [5.41, 5.74) is 0.458. The molecule has 0 aromatic heterocycles. The molecule has 0 saturated heterocycles. The third-order valence-electron chi connectivity index (χ3n) is 3.86. The summed E-state index contributed by atoms with van der Waals surface area (Å²) in [5, 5.41) is -0.0229. The molecule has 0 bridgehead atoms. The molecule has 0 radical (unpaired) electrons. The van der Waals surface area contributed by atoms with Gasteiger partial charge in [0, 0.05) is 5.73 Å². The highest BCUT2D eigenvalue weighted by Gasteiger charge is 2.46. The zero-order chi connectivity index (χ0) is 13.9.